The number of halogens is 5. The lowest BCUT2D eigenvalue weighted by molar-refractivity contribution is -0.159. The lowest BCUT2D eigenvalue weighted by Crippen LogP contribution is -2.39. The fraction of sp³-hybridized carbons (Fsp3) is 0.308. The van der Waals surface area contributed by atoms with Gasteiger partial charge >= 0.3 is 18.7 Å². The lowest BCUT2D eigenvalue weighted by Gasteiger charge is -2.07. The molecule has 1 amide bonds. The molecule has 0 aliphatic rings. The maximum atomic E-state index is 12.4. The Morgan fingerprint density at radius 1 is 1.24 bits per heavy atom. The van der Waals surface area contributed by atoms with Gasteiger partial charge in [-0.05, 0) is 12.1 Å². The van der Waals surface area contributed by atoms with Crippen LogP contribution in [-0.2, 0) is 10.9 Å². The number of alkyl halides is 5. The summed E-state index contributed by atoms with van der Waals surface area (Å²) < 4.78 is 68.7. The highest BCUT2D eigenvalue weighted by atomic mass is 19.4. The van der Waals surface area contributed by atoms with Crippen molar-refractivity contribution in [3.05, 3.63) is 35.7 Å². The third-order valence-corrected chi connectivity index (χ3v) is 2.75. The summed E-state index contributed by atoms with van der Waals surface area (Å²) >= 11 is 0. The summed E-state index contributed by atoms with van der Waals surface area (Å²) in [6, 6.07) is 5.32. The number of aromatic nitrogens is 2. The molecule has 0 bridgehead atoms. The summed E-state index contributed by atoms with van der Waals surface area (Å²) in [5.74, 6) is -2.33. The number of hydrogen-bond donors (Lipinski definition) is 2. The van der Waals surface area contributed by atoms with Gasteiger partial charge in [-0.2, -0.15) is 26.9 Å². The van der Waals surface area contributed by atoms with E-state index in [1.54, 1.807) is 0 Å². The molecule has 25 heavy (non-hydrogen) atoms. The second-order valence-electron chi connectivity index (χ2n) is 4.51. The van der Waals surface area contributed by atoms with E-state index in [9.17, 15) is 26.7 Å². The zero-order chi connectivity index (χ0) is 18.4. The molecule has 0 aliphatic carbocycles. The van der Waals surface area contributed by atoms with E-state index in [-0.39, 0.29) is 30.1 Å². The second-order valence-corrected chi connectivity index (χ2v) is 4.51. The van der Waals surface area contributed by atoms with Crippen LogP contribution in [0.3, 0.4) is 0 Å². The smallest absolute Gasteiger partial charge is 0.329 e. The van der Waals surface area contributed by atoms with Crippen LogP contribution in [0.5, 0.6) is 0 Å². The van der Waals surface area contributed by atoms with Crippen LogP contribution in [0.1, 0.15) is 16.2 Å². The van der Waals surface area contributed by atoms with Crippen LogP contribution >= 0.6 is 0 Å². The summed E-state index contributed by atoms with van der Waals surface area (Å²) in [7, 11) is 0. The van der Waals surface area contributed by atoms with Gasteiger partial charge in [0, 0.05) is 17.7 Å². The molecule has 1 heterocycles. The van der Waals surface area contributed by atoms with Crippen LogP contribution in [0.2, 0.25) is 0 Å². The molecule has 1 aromatic carbocycles. The highest BCUT2D eigenvalue weighted by molar-refractivity contribution is 5.94. The van der Waals surface area contributed by atoms with Crippen molar-refractivity contribution in [3.8, 4) is 11.4 Å². The number of nitrogens with zero attached hydrogens (tertiary/aromatic N) is 2. The van der Waals surface area contributed by atoms with E-state index in [4.69, 9.17) is 0 Å². The number of carbonyl (C=O) groups excluding carboxylic acids is 1. The summed E-state index contributed by atoms with van der Waals surface area (Å²) in [5.41, 5.74) is 5.01. The minimum absolute atomic E-state index is 0.0444. The van der Waals surface area contributed by atoms with Crippen molar-refractivity contribution >= 4 is 5.91 Å². The van der Waals surface area contributed by atoms with Crippen molar-refractivity contribution in [2.24, 2.45) is 0 Å². The Labute approximate surface area is 137 Å². The van der Waals surface area contributed by atoms with Crippen LogP contribution in [0, 0.1) is 0 Å². The Hall–Kier alpha value is -2.60. The highest BCUT2D eigenvalue weighted by Gasteiger charge is 2.38. The molecule has 7 nitrogen and oxygen atoms in total. The maximum Gasteiger partial charge on any atom is 0.471 e. The summed E-state index contributed by atoms with van der Waals surface area (Å²) in [5, 5.41) is 3.22. The minimum Gasteiger partial charge on any atom is -0.329 e. The molecule has 0 radical (unpaired) electrons. The number of benzene rings is 1. The van der Waals surface area contributed by atoms with Crippen LogP contribution in [0.15, 0.2) is 28.8 Å². The van der Waals surface area contributed by atoms with Crippen molar-refractivity contribution in [1.29, 1.82) is 0 Å². The quantitative estimate of drug-likeness (QED) is 0.444. The van der Waals surface area contributed by atoms with Crippen molar-refractivity contribution in [3.63, 3.8) is 0 Å². The van der Waals surface area contributed by atoms with E-state index in [0.717, 1.165) is 0 Å². The summed E-state index contributed by atoms with van der Waals surface area (Å²) in [4.78, 5) is 15.0. The first-order valence-corrected chi connectivity index (χ1v) is 6.71. The second kappa shape index (κ2) is 7.98. The van der Waals surface area contributed by atoms with Crippen LogP contribution in [0.4, 0.5) is 22.0 Å². The third kappa shape index (κ3) is 5.46. The lowest BCUT2D eigenvalue weighted by atomic mass is 10.1. The van der Waals surface area contributed by atoms with Gasteiger partial charge in [0.15, 0.2) is 0 Å². The van der Waals surface area contributed by atoms with Gasteiger partial charge in [-0.1, -0.05) is 17.3 Å². The Balaban J connectivity index is 1.91. The van der Waals surface area contributed by atoms with E-state index in [2.05, 4.69) is 30.3 Å². The van der Waals surface area contributed by atoms with Crippen molar-refractivity contribution in [2.75, 3.05) is 13.2 Å². The average Bonchev–Trinajstić information content (AvgIpc) is 3.04. The van der Waals surface area contributed by atoms with Gasteiger partial charge in [0.25, 0.3) is 5.91 Å². The molecule has 2 rings (SSSR count). The van der Waals surface area contributed by atoms with E-state index in [0.29, 0.717) is 0 Å². The van der Waals surface area contributed by atoms with E-state index in [1.165, 1.54) is 24.3 Å². The Morgan fingerprint density at radius 3 is 2.48 bits per heavy atom. The Bertz CT molecular complexity index is 702. The number of hydrazine groups is 1. The molecule has 0 atom stereocenters. The normalized spacial score (nSPS) is 11.8. The Morgan fingerprint density at radius 2 is 1.92 bits per heavy atom. The molecule has 0 unspecified atom stereocenters. The largest absolute Gasteiger partial charge is 0.471 e. The third-order valence-electron chi connectivity index (χ3n) is 2.75. The van der Waals surface area contributed by atoms with Gasteiger partial charge in [0.2, 0.25) is 5.82 Å². The molecule has 1 aromatic heterocycles. The van der Waals surface area contributed by atoms with Crippen LogP contribution in [0.25, 0.3) is 11.4 Å². The zero-order valence-corrected chi connectivity index (χ0v) is 12.3. The number of carbonyl (C=O) groups is 1. The molecule has 0 aliphatic heterocycles. The zero-order valence-electron chi connectivity index (χ0n) is 12.3. The Kier molecular flexibility index (Phi) is 5.98. The molecule has 136 valence electrons. The number of rotatable bonds is 7. The molecular weight excluding hydrogens is 355 g/mol. The number of ether oxygens (including phenoxy) is 1. The average molecular weight is 366 g/mol. The minimum atomic E-state index is -4.75. The number of hydrogen-bond acceptors (Lipinski definition) is 6. The van der Waals surface area contributed by atoms with Crippen molar-refractivity contribution in [1.82, 2.24) is 21.0 Å². The first-order chi connectivity index (χ1) is 11.8. The number of amides is 1. The molecule has 2 N–H and O–H groups in total. The van der Waals surface area contributed by atoms with Crippen molar-refractivity contribution in [2.45, 2.75) is 12.8 Å². The fourth-order valence-electron chi connectivity index (χ4n) is 1.64. The fourth-order valence-corrected chi connectivity index (χ4v) is 1.64. The molecule has 0 spiro atoms. The predicted octanol–water partition coefficient (Wildman–Crippen LogP) is 2.23. The topological polar surface area (TPSA) is 89.3 Å². The van der Waals surface area contributed by atoms with Gasteiger partial charge in [-0.3, -0.25) is 10.2 Å². The predicted molar refractivity (Wildman–Crippen MR) is 72.2 cm³/mol. The van der Waals surface area contributed by atoms with Crippen molar-refractivity contribution < 1.29 is 36.0 Å². The molecule has 2 aromatic rings. The first kappa shape index (κ1) is 18.7. The van der Waals surface area contributed by atoms with E-state index >= 15 is 0 Å². The first-order valence-electron chi connectivity index (χ1n) is 6.71. The van der Waals surface area contributed by atoms with Gasteiger partial charge < -0.3 is 9.26 Å². The van der Waals surface area contributed by atoms with Gasteiger partial charge in [-0.15, -0.1) is 0 Å². The monoisotopic (exact) mass is 366 g/mol. The molecule has 12 heteroatoms. The van der Waals surface area contributed by atoms with Crippen LogP contribution < -0.4 is 10.9 Å². The van der Waals surface area contributed by atoms with E-state index in [1.807, 2.05) is 0 Å². The summed E-state index contributed by atoms with van der Waals surface area (Å²) in [6.45, 7) is -3.25. The maximum absolute atomic E-state index is 12.4. The molecule has 0 fully saturated rings. The highest BCUT2D eigenvalue weighted by Crippen LogP contribution is 2.29. The van der Waals surface area contributed by atoms with E-state index < -0.39 is 24.6 Å². The van der Waals surface area contributed by atoms with Gasteiger partial charge in [0.1, 0.15) is 0 Å². The standard InChI is InChI=1S/C13H11F5N4O3/c14-12(15)24-6-5-19-21-10(23)8-3-1-7(2-4-8)9-20-11(25-22-9)13(16,17)18/h1-4,12,19H,5-6H2,(H,21,23). The SMILES string of the molecule is O=C(NNCCOC(F)F)c1ccc(-c2noc(C(F)(F)F)n2)cc1. The summed E-state index contributed by atoms with van der Waals surface area (Å²) in [6.07, 6.45) is -4.75. The molecule has 0 saturated carbocycles. The van der Waals surface area contributed by atoms with Gasteiger partial charge in [-0.25, -0.2) is 5.43 Å². The molecular formula is C13H11F5N4O3. The number of nitrogens with one attached hydrogen (secondary N) is 2. The van der Waals surface area contributed by atoms with Crippen LogP contribution in [-0.4, -0.2) is 35.8 Å². The molecule has 0 saturated heterocycles. The van der Waals surface area contributed by atoms with Gasteiger partial charge in [0.05, 0.1) is 6.61 Å².